The van der Waals surface area contributed by atoms with Crippen LogP contribution in [0.4, 0.5) is 0 Å². The van der Waals surface area contributed by atoms with Crippen LogP contribution in [0.25, 0.3) is 128 Å². The molecule has 6 heteroatoms. The van der Waals surface area contributed by atoms with Crippen molar-refractivity contribution in [2.45, 2.75) is 0 Å². The second-order valence-electron chi connectivity index (χ2n) is 17.6. The Morgan fingerprint density at radius 2 is 0.681 bits per heavy atom. The Kier molecular flexibility index (Phi) is 8.79. The summed E-state index contributed by atoms with van der Waals surface area (Å²) >= 11 is 0. The van der Waals surface area contributed by atoms with E-state index in [-0.39, 0.29) is 0 Å². The molecule has 14 aromatic rings. The van der Waals surface area contributed by atoms with Crippen LogP contribution in [0.1, 0.15) is 0 Å². The molecular weight excluding hydrogens is 841 g/mol. The standard InChI is InChI=1S/C63H40N6/c1-4-19-41(20-5-1)42-37-39-45(40-38-42)62-64-61(44-23-8-3-9-24-44)65-63(66-62)69-56-35-18-34-55(68-54-33-15-12-27-49(54)50-29-16-28-46(59(50)68)43-21-6-2-7-22-43)58(56)51-30-17-36-57(60(51)69)67-52-31-13-10-25-47(52)48-26-11-14-32-53(48)67/h1-40H. The van der Waals surface area contributed by atoms with Crippen molar-refractivity contribution in [2.24, 2.45) is 0 Å². The third kappa shape index (κ3) is 6.09. The second-order valence-corrected chi connectivity index (χ2v) is 17.6. The molecule has 0 unspecified atom stereocenters. The number of para-hydroxylation sites is 5. The van der Waals surface area contributed by atoms with E-state index < -0.39 is 0 Å². The average Bonchev–Trinajstić information content (AvgIpc) is 4.08. The monoisotopic (exact) mass is 880 g/mol. The number of fused-ring (bicyclic) bond motifs is 9. The largest absolute Gasteiger partial charge is 0.308 e. The van der Waals surface area contributed by atoms with E-state index >= 15 is 0 Å². The van der Waals surface area contributed by atoms with Crippen molar-refractivity contribution in [1.29, 1.82) is 0 Å². The minimum absolute atomic E-state index is 0.531. The average molecular weight is 881 g/mol. The molecule has 0 aliphatic heterocycles. The third-order valence-electron chi connectivity index (χ3n) is 13.7. The summed E-state index contributed by atoms with van der Waals surface area (Å²) in [6.07, 6.45) is 0. The van der Waals surface area contributed by atoms with Crippen LogP contribution in [0, 0.1) is 0 Å². The minimum atomic E-state index is 0.531. The van der Waals surface area contributed by atoms with Gasteiger partial charge in [0.25, 0.3) is 0 Å². The van der Waals surface area contributed by atoms with Crippen molar-refractivity contribution >= 4 is 65.4 Å². The number of hydrogen-bond donors (Lipinski definition) is 0. The van der Waals surface area contributed by atoms with Gasteiger partial charge in [-0.15, -0.1) is 0 Å². The molecule has 0 saturated carbocycles. The van der Waals surface area contributed by atoms with E-state index in [4.69, 9.17) is 15.0 Å². The molecule has 4 aromatic heterocycles. The van der Waals surface area contributed by atoms with Crippen molar-refractivity contribution in [1.82, 2.24) is 28.7 Å². The van der Waals surface area contributed by atoms with Crippen molar-refractivity contribution < 1.29 is 0 Å². The highest BCUT2D eigenvalue weighted by Crippen LogP contribution is 2.45. The summed E-state index contributed by atoms with van der Waals surface area (Å²) in [5, 5.41) is 6.96. The quantitative estimate of drug-likeness (QED) is 0.160. The van der Waals surface area contributed by atoms with Gasteiger partial charge in [0, 0.05) is 49.0 Å². The Morgan fingerprint density at radius 3 is 1.33 bits per heavy atom. The lowest BCUT2D eigenvalue weighted by atomic mass is 10.0. The normalized spacial score (nSPS) is 11.8. The van der Waals surface area contributed by atoms with Crippen LogP contribution < -0.4 is 0 Å². The first kappa shape index (κ1) is 38.8. The van der Waals surface area contributed by atoms with E-state index in [0.717, 1.165) is 77.5 Å². The Hall–Kier alpha value is -9.39. The molecule has 322 valence electrons. The van der Waals surface area contributed by atoms with Crippen molar-refractivity contribution in [3.63, 3.8) is 0 Å². The molecule has 0 atom stereocenters. The summed E-state index contributed by atoms with van der Waals surface area (Å²) in [6, 6.07) is 86.3. The van der Waals surface area contributed by atoms with Gasteiger partial charge in [0.15, 0.2) is 11.6 Å². The molecule has 6 nitrogen and oxygen atoms in total. The van der Waals surface area contributed by atoms with Gasteiger partial charge >= 0.3 is 0 Å². The lowest BCUT2D eigenvalue weighted by Crippen LogP contribution is -2.08. The van der Waals surface area contributed by atoms with Crippen LogP contribution >= 0.6 is 0 Å². The maximum absolute atomic E-state index is 5.49. The molecule has 0 N–H and O–H groups in total. The van der Waals surface area contributed by atoms with Crippen LogP contribution in [0.3, 0.4) is 0 Å². The van der Waals surface area contributed by atoms with Crippen LogP contribution in [0.5, 0.6) is 0 Å². The number of hydrogen-bond acceptors (Lipinski definition) is 3. The van der Waals surface area contributed by atoms with E-state index in [2.05, 4.69) is 232 Å². The zero-order valence-corrected chi connectivity index (χ0v) is 37.3. The molecule has 14 rings (SSSR count). The molecule has 0 saturated heterocycles. The predicted octanol–water partition coefficient (Wildman–Crippen LogP) is 15.8. The SMILES string of the molecule is c1ccc(-c2ccc(-c3nc(-c4ccccc4)nc(-n4c5cccc(-n6c7ccccc7c7cccc(-c8ccccc8)c76)c5c5cccc(-n6c7ccccc7c7ccccc76)c54)n3)cc2)cc1. The minimum Gasteiger partial charge on any atom is -0.308 e. The highest BCUT2D eigenvalue weighted by atomic mass is 15.2. The van der Waals surface area contributed by atoms with Gasteiger partial charge in [-0.3, -0.25) is 4.57 Å². The molecule has 69 heavy (non-hydrogen) atoms. The molecule has 10 aromatic carbocycles. The van der Waals surface area contributed by atoms with Crippen LogP contribution in [0.2, 0.25) is 0 Å². The summed E-state index contributed by atoms with van der Waals surface area (Å²) < 4.78 is 7.18. The van der Waals surface area contributed by atoms with E-state index in [1.54, 1.807) is 0 Å². The lowest BCUT2D eigenvalue weighted by Gasteiger charge is -2.15. The van der Waals surface area contributed by atoms with Gasteiger partial charge in [0.1, 0.15) is 0 Å². The first-order valence-electron chi connectivity index (χ1n) is 23.4. The molecule has 0 amide bonds. The molecule has 0 aliphatic rings. The van der Waals surface area contributed by atoms with Crippen LogP contribution in [-0.2, 0) is 0 Å². The van der Waals surface area contributed by atoms with Gasteiger partial charge in [0.2, 0.25) is 5.95 Å². The molecule has 0 aliphatic carbocycles. The maximum atomic E-state index is 5.49. The van der Waals surface area contributed by atoms with E-state index in [9.17, 15) is 0 Å². The topological polar surface area (TPSA) is 53.5 Å². The van der Waals surface area contributed by atoms with Crippen LogP contribution in [0.15, 0.2) is 243 Å². The summed E-state index contributed by atoms with van der Waals surface area (Å²) in [5.74, 6) is 1.72. The molecular formula is C63H40N6. The lowest BCUT2D eigenvalue weighted by molar-refractivity contribution is 0.949. The first-order valence-corrected chi connectivity index (χ1v) is 23.4. The molecule has 4 heterocycles. The number of nitrogens with zero attached hydrogens (tertiary/aromatic N) is 6. The fraction of sp³-hybridized carbons (Fsp3) is 0. The van der Waals surface area contributed by atoms with E-state index in [1.807, 2.05) is 24.3 Å². The predicted molar refractivity (Wildman–Crippen MR) is 285 cm³/mol. The van der Waals surface area contributed by atoms with Gasteiger partial charge in [-0.1, -0.05) is 206 Å². The van der Waals surface area contributed by atoms with Crippen molar-refractivity contribution in [3.05, 3.63) is 243 Å². The van der Waals surface area contributed by atoms with Crippen molar-refractivity contribution in [2.75, 3.05) is 0 Å². The van der Waals surface area contributed by atoms with Gasteiger partial charge in [-0.2, -0.15) is 9.97 Å². The fourth-order valence-corrected chi connectivity index (χ4v) is 10.7. The Bertz CT molecular complexity index is 4230. The van der Waals surface area contributed by atoms with Gasteiger partial charge in [-0.05, 0) is 53.1 Å². The van der Waals surface area contributed by atoms with E-state index in [0.29, 0.717) is 17.6 Å². The highest BCUT2D eigenvalue weighted by molar-refractivity contribution is 6.20. The molecule has 0 bridgehead atoms. The third-order valence-corrected chi connectivity index (χ3v) is 13.7. The summed E-state index contributed by atoms with van der Waals surface area (Å²) in [4.78, 5) is 16.2. The Morgan fingerprint density at radius 1 is 0.246 bits per heavy atom. The molecule has 0 radical (unpaired) electrons. The maximum Gasteiger partial charge on any atom is 0.238 e. The number of benzene rings is 10. The van der Waals surface area contributed by atoms with Gasteiger partial charge in [-0.25, -0.2) is 4.98 Å². The van der Waals surface area contributed by atoms with Crippen LogP contribution in [-0.4, -0.2) is 28.7 Å². The number of aromatic nitrogens is 6. The molecule has 0 fully saturated rings. The molecule has 0 spiro atoms. The van der Waals surface area contributed by atoms with Gasteiger partial charge in [0.05, 0.1) is 44.5 Å². The summed E-state index contributed by atoms with van der Waals surface area (Å²) in [6.45, 7) is 0. The Labute approximate surface area is 397 Å². The van der Waals surface area contributed by atoms with E-state index in [1.165, 1.54) is 32.7 Å². The first-order chi connectivity index (χ1) is 34.3. The summed E-state index contributed by atoms with van der Waals surface area (Å²) in [5.41, 5.74) is 15.0. The zero-order valence-electron chi connectivity index (χ0n) is 37.3. The van der Waals surface area contributed by atoms with Crippen molar-refractivity contribution in [3.8, 4) is 62.4 Å². The number of rotatable bonds is 7. The fourth-order valence-electron chi connectivity index (χ4n) is 10.7. The highest BCUT2D eigenvalue weighted by Gasteiger charge is 2.26. The zero-order chi connectivity index (χ0) is 45.4. The van der Waals surface area contributed by atoms with Gasteiger partial charge < -0.3 is 9.13 Å². The Balaban J connectivity index is 1.13. The second kappa shape index (κ2) is 15.6. The smallest absolute Gasteiger partial charge is 0.238 e. The summed E-state index contributed by atoms with van der Waals surface area (Å²) in [7, 11) is 0.